The Morgan fingerprint density at radius 2 is 1.79 bits per heavy atom. The maximum atomic E-state index is 12.3. The van der Waals surface area contributed by atoms with Gasteiger partial charge in [0, 0.05) is 17.2 Å². The van der Waals surface area contributed by atoms with E-state index in [1.807, 2.05) is 48.5 Å². The molecular weight excluding hydrogens is 300 g/mol. The van der Waals surface area contributed by atoms with Gasteiger partial charge in [0.05, 0.1) is 11.0 Å². The topological polar surface area (TPSA) is 69.8 Å². The summed E-state index contributed by atoms with van der Waals surface area (Å²) in [5.74, 6) is 1.07. The molecule has 3 N–H and O–H groups in total. The fraction of sp³-hybridized carbons (Fsp3) is 0.263. The zero-order valence-corrected chi connectivity index (χ0v) is 13.4. The standard InChI is InChI=1S/C19H20N4O/c24-19(14-9-11-20-12-10-14)21-15-7-5-13(6-8-15)18-22-16-3-1-2-4-17(16)23-18/h1-8,14,20H,9-12H2,(H,21,24)(H,22,23). The van der Waals surface area contributed by atoms with E-state index in [1.54, 1.807) is 0 Å². The van der Waals surface area contributed by atoms with E-state index < -0.39 is 0 Å². The lowest BCUT2D eigenvalue weighted by molar-refractivity contribution is -0.120. The number of fused-ring (bicyclic) bond motifs is 1. The third-order valence-electron chi connectivity index (χ3n) is 4.53. The number of carbonyl (C=O) groups is 1. The molecule has 1 aliphatic heterocycles. The van der Waals surface area contributed by atoms with Gasteiger partial charge in [-0.2, -0.15) is 0 Å². The zero-order valence-electron chi connectivity index (χ0n) is 13.4. The monoisotopic (exact) mass is 320 g/mol. The fourth-order valence-corrected chi connectivity index (χ4v) is 3.13. The predicted octanol–water partition coefficient (Wildman–Crippen LogP) is 3.17. The number of amides is 1. The Bertz CT molecular complexity index is 814. The second-order valence-corrected chi connectivity index (χ2v) is 6.19. The number of hydrogen-bond donors (Lipinski definition) is 3. The molecular formula is C19H20N4O. The minimum Gasteiger partial charge on any atom is -0.338 e. The van der Waals surface area contributed by atoms with Crippen LogP contribution in [0.3, 0.4) is 0 Å². The third kappa shape index (κ3) is 3.03. The molecule has 1 fully saturated rings. The average Bonchev–Trinajstić information content (AvgIpc) is 3.07. The number of piperidine rings is 1. The van der Waals surface area contributed by atoms with E-state index in [4.69, 9.17) is 0 Å². The summed E-state index contributed by atoms with van der Waals surface area (Å²) in [6, 6.07) is 15.8. The molecule has 5 nitrogen and oxygen atoms in total. The van der Waals surface area contributed by atoms with Crippen molar-refractivity contribution >= 4 is 22.6 Å². The van der Waals surface area contributed by atoms with Crippen LogP contribution in [0, 0.1) is 5.92 Å². The van der Waals surface area contributed by atoms with Crippen molar-refractivity contribution in [1.82, 2.24) is 15.3 Å². The van der Waals surface area contributed by atoms with Crippen LogP contribution in [0.25, 0.3) is 22.4 Å². The molecule has 0 aliphatic carbocycles. The summed E-state index contributed by atoms with van der Waals surface area (Å²) < 4.78 is 0. The van der Waals surface area contributed by atoms with Crippen LogP contribution in [-0.4, -0.2) is 29.0 Å². The van der Waals surface area contributed by atoms with Crippen LogP contribution in [0.5, 0.6) is 0 Å². The Balaban J connectivity index is 1.48. The van der Waals surface area contributed by atoms with Crippen molar-refractivity contribution in [2.45, 2.75) is 12.8 Å². The van der Waals surface area contributed by atoms with Crippen molar-refractivity contribution in [2.24, 2.45) is 5.92 Å². The number of aromatic amines is 1. The van der Waals surface area contributed by atoms with Crippen LogP contribution >= 0.6 is 0 Å². The Kier molecular flexibility index (Phi) is 4.01. The Labute approximate surface area is 140 Å². The number of H-pyrrole nitrogens is 1. The first-order chi connectivity index (χ1) is 11.8. The highest BCUT2D eigenvalue weighted by atomic mass is 16.1. The molecule has 1 saturated heterocycles. The van der Waals surface area contributed by atoms with Gasteiger partial charge in [-0.05, 0) is 62.3 Å². The van der Waals surface area contributed by atoms with Crippen LogP contribution in [0.4, 0.5) is 5.69 Å². The molecule has 4 rings (SSSR count). The number of imidazole rings is 1. The van der Waals surface area contributed by atoms with Crippen LogP contribution in [0.15, 0.2) is 48.5 Å². The lowest BCUT2D eigenvalue weighted by Gasteiger charge is -2.21. The second-order valence-electron chi connectivity index (χ2n) is 6.19. The summed E-state index contributed by atoms with van der Waals surface area (Å²) in [5, 5.41) is 6.30. The minimum atomic E-state index is 0.112. The summed E-state index contributed by atoms with van der Waals surface area (Å²) in [6.07, 6.45) is 1.81. The molecule has 0 saturated carbocycles. The number of nitrogens with zero attached hydrogens (tertiary/aromatic N) is 1. The molecule has 0 unspecified atom stereocenters. The van der Waals surface area contributed by atoms with E-state index >= 15 is 0 Å². The quantitative estimate of drug-likeness (QED) is 0.694. The summed E-state index contributed by atoms with van der Waals surface area (Å²) in [4.78, 5) is 20.2. The van der Waals surface area contributed by atoms with Gasteiger partial charge in [-0.3, -0.25) is 4.79 Å². The molecule has 1 aliphatic rings. The second kappa shape index (κ2) is 6.45. The van der Waals surface area contributed by atoms with Crippen molar-refractivity contribution in [3.63, 3.8) is 0 Å². The zero-order chi connectivity index (χ0) is 16.4. The molecule has 1 amide bonds. The maximum absolute atomic E-state index is 12.3. The largest absolute Gasteiger partial charge is 0.338 e. The molecule has 3 aromatic rings. The molecule has 0 atom stereocenters. The number of aromatic nitrogens is 2. The van der Waals surface area contributed by atoms with Crippen LogP contribution < -0.4 is 10.6 Å². The first kappa shape index (κ1) is 14.9. The number of para-hydroxylation sites is 2. The number of hydrogen-bond acceptors (Lipinski definition) is 3. The summed E-state index contributed by atoms with van der Waals surface area (Å²) in [5.41, 5.74) is 3.82. The van der Waals surface area contributed by atoms with E-state index in [9.17, 15) is 4.79 Å². The molecule has 0 radical (unpaired) electrons. The Morgan fingerprint density at radius 3 is 2.54 bits per heavy atom. The van der Waals surface area contributed by atoms with E-state index in [0.29, 0.717) is 0 Å². The maximum Gasteiger partial charge on any atom is 0.227 e. The highest BCUT2D eigenvalue weighted by Crippen LogP contribution is 2.22. The summed E-state index contributed by atoms with van der Waals surface area (Å²) in [6.45, 7) is 1.84. The fourth-order valence-electron chi connectivity index (χ4n) is 3.13. The van der Waals surface area contributed by atoms with Crippen LogP contribution in [-0.2, 0) is 4.79 Å². The minimum absolute atomic E-state index is 0.112. The Morgan fingerprint density at radius 1 is 1.04 bits per heavy atom. The SMILES string of the molecule is O=C(Nc1ccc(-c2nc3ccccc3[nH]2)cc1)C1CCNCC1. The van der Waals surface area contributed by atoms with Gasteiger partial charge < -0.3 is 15.6 Å². The lowest BCUT2D eigenvalue weighted by Crippen LogP contribution is -2.34. The predicted molar refractivity (Wildman–Crippen MR) is 95.8 cm³/mol. The summed E-state index contributed by atoms with van der Waals surface area (Å²) in [7, 11) is 0. The van der Waals surface area contributed by atoms with E-state index in [2.05, 4.69) is 20.6 Å². The number of rotatable bonds is 3. The molecule has 24 heavy (non-hydrogen) atoms. The van der Waals surface area contributed by atoms with E-state index in [1.165, 1.54) is 0 Å². The normalized spacial score (nSPS) is 15.5. The van der Waals surface area contributed by atoms with Crippen LogP contribution in [0.2, 0.25) is 0 Å². The van der Waals surface area contributed by atoms with Gasteiger partial charge >= 0.3 is 0 Å². The molecule has 0 bridgehead atoms. The smallest absolute Gasteiger partial charge is 0.227 e. The van der Waals surface area contributed by atoms with Gasteiger partial charge in [0.1, 0.15) is 5.82 Å². The highest BCUT2D eigenvalue weighted by Gasteiger charge is 2.20. The van der Waals surface area contributed by atoms with Gasteiger partial charge in [-0.15, -0.1) is 0 Å². The molecule has 2 heterocycles. The van der Waals surface area contributed by atoms with Gasteiger partial charge in [0.2, 0.25) is 5.91 Å². The van der Waals surface area contributed by atoms with Gasteiger partial charge in [0.25, 0.3) is 0 Å². The lowest BCUT2D eigenvalue weighted by atomic mass is 9.97. The van der Waals surface area contributed by atoms with Crippen molar-refractivity contribution in [3.05, 3.63) is 48.5 Å². The van der Waals surface area contributed by atoms with Crippen LogP contribution in [0.1, 0.15) is 12.8 Å². The summed E-state index contributed by atoms with van der Waals surface area (Å²) >= 11 is 0. The number of carbonyl (C=O) groups excluding carboxylic acids is 1. The first-order valence-corrected chi connectivity index (χ1v) is 8.36. The molecule has 122 valence electrons. The van der Waals surface area contributed by atoms with Gasteiger partial charge in [-0.25, -0.2) is 4.98 Å². The number of anilines is 1. The van der Waals surface area contributed by atoms with Crippen molar-refractivity contribution in [2.75, 3.05) is 18.4 Å². The van der Waals surface area contributed by atoms with Crippen molar-refractivity contribution in [1.29, 1.82) is 0 Å². The molecule has 5 heteroatoms. The van der Waals surface area contributed by atoms with E-state index in [-0.39, 0.29) is 11.8 Å². The first-order valence-electron chi connectivity index (χ1n) is 8.36. The highest BCUT2D eigenvalue weighted by molar-refractivity contribution is 5.92. The molecule has 1 aromatic heterocycles. The average molecular weight is 320 g/mol. The van der Waals surface area contributed by atoms with E-state index in [0.717, 1.165) is 54.0 Å². The third-order valence-corrected chi connectivity index (χ3v) is 4.53. The Hall–Kier alpha value is -2.66. The molecule has 2 aromatic carbocycles. The van der Waals surface area contributed by atoms with Crippen molar-refractivity contribution in [3.8, 4) is 11.4 Å². The van der Waals surface area contributed by atoms with Gasteiger partial charge in [-0.1, -0.05) is 12.1 Å². The molecule has 0 spiro atoms. The van der Waals surface area contributed by atoms with Gasteiger partial charge in [0.15, 0.2) is 0 Å². The number of benzene rings is 2. The van der Waals surface area contributed by atoms with Crippen molar-refractivity contribution < 1.29 is 4.79 Å². The number of nitrogens with one attached hydrogen (secondary N) is 3.